The van der Waals surface area contributed by atoms with Crippen molar-refractivity contribution in [3.63, 3.8) is 0 Å². The van der Waals surface area contributed by atoms with E-state index in [1.54, 1.807) is 25.3 Å². The van der Waals surface area contributed by atoms with E-state index in [1.807, 2.05) is 34.7 Å². The molecule has 0 heterocycles. The summed E-state index contributed by atoms with van der Waals surface area (Å²) in [5.74, 6) is 0.306. The van der Waals surface area contributed by atoms with Gasteiger partial charge in [0.15, 0.2) is 0 Å². The molecule has 0 aliphatic carbocycles. The lowest BCUT2D eigenvalue weighted by molar-refractivity contribution is 0.213. The molecule has 2 nitrogen and oxygen atoms in total. The van der Waals surface area contributed by atoms with E-state index in [0.29, 0.717) is 20.4 Å². The summed E-state index contributed by atoms with van der Waals surface area (Å²) in [4.78, 5) is 0. The Labute approximate surface area is 119 Å². The number of hydrogen-bond donors (Lipinski definition) is 1. The third-order valence-corrected chi connectivity index (χ3v) is 3.62. The predicted molar refractivity (Wildman–Crippen MR) is 76.2 cm³/mol. The molecule has 1 N–H and O–H groups in total. The van der Waals surface area contributed by atoms with Crippen LogP contribution in [0.25, 0.3) is 0 Å². The molecule has 0 aromatic heterocycles. The van der Waals surface area contributed by atoms with Crippen LogP contribution < -0.4 is 4.74 Å². The van der Waals surface area contributed by atoms with E-state index in [1.165, 1.54) is 12.1 Å². The van der Waals surface area contributed by atoms with E-state index in [2.05, 4.69) is 0 Å². The van der Waals surface area contributed by atoms with Crippen LogP contribution in [-0.4, -0.2) is 12.2 Å². The van der Waals surface area contributed by atoms with E-state index >= 15 is 0 Å². The van der Waals surface area contributed by atoms with Crippen LogP contribution in [0, 0.1) is 9.39 Å². The topological polar surface area (TPSA) is 29.5 Å². The zero-order chi connectivity index (χ0) is 13.1. The van der Waals surface area contributed by atoms with Crippen molar-refractivity contribution in [1.29, 1.82) is 0 Å². The van der Waals surface area contributed by atoms with E-state index in [0.717, 1.165) is 0 Å². The summed E-state index contributed by atoms with van der Waals surface area (Å²) < 4.78 is 18.9. The van der Waals surface area contributed by atoms with E-state index in [-0.39, 0.29) is 5.82 Å². The zero-order valence-corrected chi connectivity index (χ0v) is 11.9. The molecule has 2 rings (SSSR count). The monoisotopic (exact) mass is 358 g/mol. The maximum atomic E-state index is 13.0. The highest BCUT2D eigenvalue weighted by Crippen LogP contribution is 2.32. The quantitative estimate of drug-likeness (QED) is 0.851. The number of ether oxygens (including phenoxy) is 1. The lowest BCUT2D eigenvalue weighted by Gasteiger charge is -2.16. The molecule has 1 atom stereocenters. The molecule has 18 heavy (non-hydrogen) atoms. The first-order valence-corrected chi connectivity index (χ1v) is 6.47. The Morgan fingerprint density at radius 3 is 2.56 bits per heavy atom. The van der Waals surface area contributed by atoms with Crippen LogP contribution in [0.4, 0.5) is 4.39 Å². The normalized spacial score (nSPS) is 12.2. The van der Waals surface area contributed by atoms with Crippen molar-refractivity contribution >= 4 is 22.6 Å². The highest BCUT2D eigenvalue weighted by atomic mass is 127. The van der Waals surface area contributed by atoms with Gasteiger partial charge in [-0.25, -0.2) is 4.39 Å². The third kappa shape index (κ3) is 2.64. The molecule has 0 aliphatic rings. The summed E-state index contributed by atoms with van der Waals surface area (Å²) in [6.45, 7) is 0. The molecule has 0 aliphatic heterocycles. The number of rotatable bonds is 3. The largest absolute Gasteiger partial charge is 0.496 e. The van der Waals surface area contributed by atoms with Crippen LogP contribution >= 0.6 is 22.6 Å². The summed E-state index contributed by atoms with van der Waals surface area (Å²) in [5.41, 5.74) is 1.34. The van der Waals surface area contributed by atoms with Gasteiger partial charge in [-0.15, -0.1) is 0 Å². The average Bonchev–Trinajstić information content (AvgIpc) is 2.38. The average molecular weight is 358 g/mol. The number of aliphatic hydroxyl groups excluding tert-OH is 1. The maximum absolute atomic E-state index is 13.0. The molecule has 4 heteroatoms. The molecule has 0 amide bonds. The minimum atomic E-state index is -0.825. The Morgan fingerprint density at radius 1 is 1.17 bits per heavy atom. The Bertz CT molecular complexity index is 557. The van der Waals surface area contributed by atoms with Crippen molar-refractivity contribution in [2.24, 2.45) is 0 Å². The number of benzene rings is 2. The fourth-order valence-corrected chi connectivity index (χ4v) is 2.56. The summed E-state index contributed by atoms with van der Waals surface area (Å²) in [6, 6.07) is 11.6. The van der Waals surface area contributed by atoms with Gasteiger partial charge in [-0.05, 0) is 46.4 Å². The van der Waals surface area contributed by atoms with Crippen LogP contribution in [0.2, 0.25) is 0 Å². The van der Waals surface area contributed by atoms with Gasteiger partial charge in [0, 0.05) is 9.13 Å². The van der Waals surface area contributed by atoms with Crippen LogP contribution in [0.15, 0.2) is 42.5 Å². The Morgan fingerprint density at radius 2 is 1.89 bits per heavy atom. The van der Waals surface area contributed by atoms with E-state index < -0.39 is 6.10 Å². The van der Waals surface area contributed by atoms with Gasteiger partial charge >= 0.3 is 0 Å². The fraction of sp³-hybridized carbons (Fsp3) is 0.143. The first kappa shape index (κ1) is 13.3. The number of para-hydroxylation sites is 1. The van der Waals surface area contributed by atoms with Crippen LogP contribution in [0.3, 0.4) is 0 Å². The SMILES string of the molecule is COc1ccccc1C(O)c1ccc(F)cc1I. The number of aliphatic hydroxyl groups is 1. The number of hydrogen-bond acceptors (Lipinski definition) is 2. The van der Waals surface area contributed by atoms with Crippen molar-refractivity contribution < 1.29 is 14.2 Å². The first-order valence-electron chi connectivity index (χ1n) is 5.39. The minimum absolute atomic E-state index is 0.310. The third-order valence-electron chi connectivity index (χ3n) is 2.69. The Balaban J connectivity index is 2.44. The van der Waals surface area contributed by atoms with Crippen LogP contribution in [0.1, 0.15) is 17.2 Å². The molecule has 2 aromatic carbocycles. The second-order valence-corrected chi connectivity index (χ2v) is 4.97. The highest BCUT2D eigenvalue weighted by Gasteiger charge is 2.17. The highest BCUT2D eigenvalue weighted by molar-refractivity contribution is 14.1. The molecule has 2 aromatic rings. The molecule has 0 spiro atoms. The van der Waals surface area contributed by atoms with Crippen LogP contribution in [0.5, 0.6) is 5.75 Å². The van der Waals surface area contributed by atoms with Gasteiger partial charge < -0.3 is 9.84 Å². The van der Waals surface area contributed by atoms with Gasteiger partial charge in [0.1, 0.15) is 17.7 Å². The summed E-state index contributed by atoms with van der Waals surface area (Å²) in [6.07, 6.45) is -0.825. The van der Waals surface area contributed by atoms with Gasteiger partial charge in [-0.2, -0.15) is 0 Å². The van der Waals surface area contributed by atoms with Gasteiger partial charge in [-0.3, -0.25) is 0 Å². The van der Waals surface area contributed by atoms with Crippen LogP contribution in [-0.2, 0) is 0 Å². The van der Waals surface area contributed by atoms with E-state index in [4.69, 9.17) is 4.74 Å². The molecule has 0 saturated heterocycles. The van der Waals surface area contributed by atoms with Crippen molar-refractivity contribution in [2.45, 2.75) is 6.10 Å². The molecular formula is C14H12FIO2. The molecule has 0 radical (unpaired) electrons. The second-order valence-electron chi connectivity index (χ2n) is 3.81. The van der Waals surface area contributed by atoms with Crippen molar-refractivity contribution in [1.82, 2.24) is 0 Å². The maximum Gasteiger partial charge on any atom is 0.125 e. The Hall–Kier alpha value is -1.14. The van der Waals surface area contributed by atoms with Gasteiger partial charge in [0.05, 0.1) is 7.11 Å². The fourth-order valence-electron chi connectivity index (χ4n) is 1.78. The number of halogens is 2. The molecule has 94 valence electrons. The van der Waals surface area contributed by atoms with E-state index in [9.17, 15) is 9.50 Å². The van der Waals surface area contributed by atoms with Gasteiger partial charge in [0.25, 0.3) is 0 Å². The Kier molecular flexibility index (Phi) is 4.19. The first-order chi connectivity index (χ1) is 8.63. The minimum Gasteiger partial charge on any atom is -0.496 e. The summed E-state index contributed by atoms with van der Waals surface area (Å²) in [5, 5.41) is 10.4. The van der Waals surface area contributed by atoms with Crippen molar-refractivity contribution in [3.8, 4) is 5.75 Å². The summed E-state index contributed by atoms with van der Waals surface area (Å²) in [7, 11) is 1.56. The summed E-state index contributed by atoms with van der Waals surface area (Å²) >= 11 is 2.01. The lowest BCUT2D eigenvalue weighted by Crippen LogP contribution is -2.04. The molecule has 0 saturated carbocycles. The molecule has 1 unspecified atom stereocenters. The zero-order valence-electron chi connectivity index (χ0n) is 9.73. The lowest BCUT2D eigenvalue weighted by atomic mass is 10.0. The molecule has 0 bridgehead atoms. The molecule has 0 fully saturated rings. The van der Waals surface area contributed by atoms with Gasteiger partial charge in [0.2, 0.25) is 0 Å². The second kappa shape index (κ2) is 5.67. The van der Waals surface area contributed by atoms with Gasteiger partial charge in [-0.1, -0.05) is 24.3 Å². The standard InChI is InChI=1S/C14H12FIO2/c1-18-13-5-3-2-4-11(13)14(17)10-7-6-9(15)8-12(10)16/h2-8,14,17H,1H3. The molecular weight excluding hydrogens is 346 g/mol. The number of methoxy groups -OCH3 is 1. The van der Waals surface area contributed by atoms with Crippen molar-refractivity contribution in [3.05, 3.63) is 63.0 Å². The smallest absolute Gasteiger partial charge is 0.125 e. The van der Waals surface area contributed by atoms with Crippen molar-refractivity contribution in [2.75, 3.05) is 7.11 Å². The predicted octanol–water partition coefficient (Wildman–Crippen LogP) is 3.52.